The molecule has 5 nitrogen and oxygen atoms in total. The normalized spacial score (nSPS) is 17.3. The zero-order valence-corrected chi connectivity index (χ0v) is 17.4. The van der Waals surface area contributed by atoms with E-state index in [1.165, 1.54) is 13.2 Å². The van der Waals surface area contributed by atoms with Gasteiger partial charge in [0.05, 0.1) is 30.9 Å². The highest BCUT2D eigenvalue weighted by molar-refractivity contribution is 5.79. The largest absolute Gasteiger partial charge is 0.416 e. The van der Waals surface area contributed by atoms with Gasteiger partial charge in [-0.2, -0.15) is 13.2 Å². The molecule has 1 aliphatic heterocycles. The second-order valence-corrected chi connectivity index (χ2v) is 7.69. The van der Waals surface area contributed by atoms with E-state index in [-0.39, 0.29) is 31.6 Å². The quantitative estimate of drug-likeness (QED) is 0.668. The lowest BCUT2D eigenvalue weighted by molar-refractivity contribution is -0.138. The second-order valence-electron chi connectivity index (χ2n) is 7.69. The standard InChI is InChI=1S/C23H27F3N2O3/c1-31-15-19(29)13-27-14-22(30)28-10-9-17-6-2-3-8-20(17)21(28)12-16-5-4-7-18(11-16)23(24,25)26/h2-8,11,19,21,27,29H,9-10,12-15H2,1H3/t19-,21?/m0/s1. The zero-order chi connectivity index (χ0) is 22.4. The average molecular weight is 436 g/mol. The van der Waals surface area contributed by atoms with Crippen LogP contribution in [-0.4, -0.2) is 55.4 Å². The summed E-state index contributed by atoms with van der Waals surface area (Å²) in [4.78, 5) is 14.7. The van der Waals surface area contributed by atoms with Gasteiger partial charge in [-0.3, -0.25) is 4.79 Å². The minimum Gasteiger partial charge on any atom is -0.389 e. The van der Waals surface area contributed by atoms with Crippen LogP contribution in [0, 0.1) is 0 Å². The first-order chi connectivity index (χ1) is 14.8. The molecule has 2 atom stereocenters. The summed E-state index contributed by atoms with van der Waals surface area (Å²) >= 11 is 0. The maximum atomic E-state index is 13.1. The first-order valence-corrected chi connectivity index (χ1v) is 10.2. The van der Waals surface area contributed by atoms with Crippen LogP contribution in [0.1, 0.15) is 28.3 Å². The number of hydrogen-bond acceptors (Lipinski definition) is 4. The van der Waals surface area contributed by atoms with Gasteiger partial charge in [-0.05, 0) is 35.6 Å². The maximum absolute atomic E-state index is 13.1. The number of methoxy groups -OCH3 is 1. The van der Waals surface area contributed by atoms with Crippen molar-refractivity contribution in [1.29, 1.82) is 0 Å². The van der Waals surface area contributed by atoms with Crippen molar-refractivity contribution in [3.63, 3.8) is 0 Å². The summed E-state index contributed by atoms with van der Waals surface area (Å²) < 4.78 is 44.3. The number of carbonyl (C=O) groups excluding carboxylic acids is 1. The highest BCUT2D eigenvalue weighted by atomic mass is 19.4. The fraction of sp³-hybridized carbons (Fsp3) is 0.435. The van der Waals surface area contributed by atoms with Gasteiger partial charge in [0, 0.05) is 20.2 Å². The number of carbonyl (C=O) groups is 1. The minimum atomic E-state index is -4.41. The number of alkyl halides is 3. The molecular weight excluding hydrogens is 409 g/mol. The van der Waals surface area contributed by atoms with E-state index in [9.17, 15) is 23.1 Å². The summed E-state index contributed by atoms with van der Waals surface area (Å²) in [5.41, 5.74) is 1.89. The zero-order valence-electron chi connectivity index (χ0n) is 17.4. The molecule has 0 fully saturated rings. The topological polar surface area (TPSA) is 61.8 Å². The van der Waals surface area contributed by atoms with Crippen LogP contribution in [0.3, 0.4) is 0 Å². The molecule has 8 heteroatoms. The summed E-state index contributed by atoms with van der Waals surface area (Å²) in [5.74, 6) is -0.156. The molecule has 3 rings (SSSR count). The Morgan fingerprint density at radius 1 is 1.26 bits per heavy atom. The predicted molar refractivity (Wildman–Crippen MR) is 111 cm³/mol. The van der Waals surface area contributed by atoms with Gasteiger partial charge in [0.15, 0.2) is 0 Å². The van der Waals surface area contributed by atoms with Gasteiger partial charge in [0.1, 0.15) is 0 Å². The van der Waals surface area contributed by atoms with Crippen LogP contribution < -0.4 is 5.32 Å². The third-order valence-corrected chi connectivity index (χ3v) is 5.43. The molecule has 168 valence electrons. The van der Waals surface area contributed by atoms with Crippen LogP contribution in [0.2, 0.25) is 0 Å². The van der Waals surface area contributed by atoms with E-state index >= 15 is 0 Å². The van der Waals surface area contributed by atoms with Gasteiger partial charge in [0.25, 0.3) is 0 Å². The van der Waals surface area contributed by atoms with Crippen LogP contribution in [0.5, 0.6) is 0 Å². The molecule has 1 heterocycles. The molecule has 2 aromatic carbocycles. The number of halogens is 3. The molecule has 0 bridgehead atoms. The van der Waals surface area contributed by atoms with Gasteiger partial charge < -0.3 is 20.1 Å². The van der Waals surface area contributed by atoms with E-state index in [0.29, 0.717) is 24.9 Å². The van der Waals surface area contributed by atoms with Crippen LogP contribution in [-0.2, 0) is 28.5 Å². The van der Waals surface area contributed by atoms with Gasteiger partial charge in [-0.1, -0.05) is 42.5 Å². The molecule has 2 N–H and O–H groups in total. The summed E-state index contributed by atoms with van der Waals surface area (Å²) in [6.45, 7) is 0.891. The van der Waals surface area contributed by atoms with Crippen molar-refractivity contribution in [3.8, 4) is 0 Å². The van der Waals surface area contributed by atoms with Crippen LogP contribution in [0.15, 0.2) is 48.5 Å². The van der Waals surface area contributed by atoms with E-state index in [2.05, 4.69) is 5.32 Å². The van der Waals surface area contributed by atoms with Crippen molar-refractivity contribution < 1.29 is 27.8 Å². The molecule has 0 aromatic heterocycles. The highest BCUT2D eigenvalue weighted by Gasteiger charge is 2.33. The Morgan fingerprint density at radius 2 is 2.03 bits per heavy atom. The first kappa shape index (κ1) is 23.2. The highest BCUT2D eigenvalue weighted by Crippen LogP contribution is 2.34. The smallest absolute Gasteiger partial charge is 0.389 e. The molecule has 0 radical (unpaired) electrons. The van der Waals surface area contributed by atoms with Crippen LogP contribution >= 0.6 is 0 Å². The Kier molecular flexibility index (Phi) is 7.69. The summed E-state index contributed by atoms with van der Waals surface area (Å²) in [6, 6.07) is 12.6. The SMILES string of the molecule is COC[C@@H](O)CNCC(=O)N1CCc2ccccc2C1Cc1cccc(C(F)(F)F)c1. The molecule has 0 spiro atoms. The Hall–Kier alpha value is -2.42. The van der Waals surface area contributed by atoms with Crippen molar-refractivity contribution >= 4 is 5.91 Å². The Labute approximate surface area is 179 Å². The molecule has 2 aromatic rings. The van der Waals surface area contributed by atoms with E-state index in [1.54, 1.807) is 11.0 Å². The summed E-state index contributed by atoms with van der Waals surface area (Å²) in [7, 11) is 1.48. The van der Waals surface area contributed by atoms with Crippen molar-refractivity contribution in [1.82, 2.24) is 10.2 Å². The molecular formula is C23H27F3N2O3. The van der Waals surface area contributed by atoms with Crippen molar-refractivity contribution in [2.24, 2.45) is 0 Å². The Bertz CT molecular complexity index is 888. The van der Waals surface area contributed by atoms with E-state index in [4.69, 9.17) is 4.74 Å². The second kappa shape index (κ2) is 10.3. The Balaban J connectivity index is 1.79. The molecule has 0 saturated carbocycles. The van der Waals surface area contributed by atoms with E-state index in [0.717, 1.165) is 23.3 Å². The minimum absolute atomic E-state index is 0.0298. The third-order valence-electron chi connectivity index (χ3n) is 5.43. The number of amides is 1. The fourth-order valence-electron chi connectivity index (χ4n) is 3.97. The van der Waals surface area contributed by atoms with Crippen molar-refractivity contribution in [3.05, 3.63) is 70.8 Å². The van der Waals surface area contributed by atoms with Crippen molar-refractivity contribution in [2.75, 3.05) is 33.4 Å². The molecule has 1 unspecified atom stereocenters. The number of hydrogen-bond donors (Lipinski definition) is 2. The monoisotopic (exact) mass is 436 g/mol. The lowest BCUT2D eigenvalue weighted by atomic mass is 9.88. The summed E-state index contributed by atoms with van der Waals surface area (Å²) in [5, 5.41) is 12.7. The van der Waals surface area contributed by atoms with Gasteiger partial charge in [-0.25, -0.2) is 0 Å². The molecule has 1 aliphatic rings. The fourth-order valence-corrected chi connectivity index (χ4v) is 3.97. The number of fused-ring (bicyclic) bond motifs is 1. The van der Waals surface area contributed by atoms with E-state index in [1.807, 2.05) is 24.3 Å². The first-order valence-electron chi connectivity index (χ1n) is 10.2. The van der Waals surface area contributed by atoms with Gasteiger partial charge >= 0.3 is 6.18 Å². The van der Waals surface area contributed by atoms with Gasteiger partial charge in [-0.15, -0.1) is 0 Å². The Morgan fingerprint density at radius 3 is 2.77 bits per heavy atom. The average Bonchev–Trinajstić information content (AvgIpc) is 2.73. The van der Waals surface area contributed by atoms with Crippen LogP contribution in [0.25, 0.3) is 0 Å². The lowest BCUT2D eigenvalue weighted by Gasteiger charge is -2.38. The number of aliphatic hydroxyl groups excluding tert-OH is 1. The van der Waals surface area contributed by atoms with Gasteiger partial charge in [0.2, 0.25) is 5.91 Å². The molecule has 0 saturated heterocycles. The maximum Gasteiger partial charge on any atom is 0.416 e. The summed E-state index contributed by atoms with van der Waals surface area (Å²) in [6.07, 6.45) is -4.16. The third kappa shape index (κ3) is 6.06. The number of ether oxygens (including phenoxy) is 1. The predicted octanol–water partition coefficient (Wildman–Crippen LogP) is 2.97. The molecule has 1 amide bonds. The number of rotatable bonds is 8. The van der Waals surface area contributed by atoms with Crippen molar-refractivity contribution in [2.45, 2.75) is 31.2 Å². The lowest BCUT2D eigenvalue weighted by Crippen LogP contribution is -2.46. The number of nitrogens with one attached hydrogen (secondary N) is 1. The van der Waals surface area contributed by atoms with E-state index < -0.39 is 17.8 Å². The number of nitrogens with zero attached hydrogens (tertiary/aromatic N) is 1. The molecule has 31 heavy (non-hydrogen) atoms. The number of benzene rings is 2. The molecule has 0 aliphatic carbocycles. The number of aliphatic hydroxyl groups is 1. The van der Waals surface area contributed by atoms with Crippen LogP contribution in [0.4, 0.5) is 13.2 Å².